The zero-order chi connectivity index (χ0) is 18.1. The number of nitrogens with zero attached hydrogens (tertiary/aromatic N) is 3. The quantitative estimate of drug-likeness (QED) is 0.821. The summed E-state index contributed by atoms with van der Waals surface area (Å²) in [6, 6.07) is 0. The molecule has 3 heterocycles. The molecule has 1 aromatic rings. The van der Waals surface area contributed by atoms with Crippen molar-refractivity contribution in [1.82, 2.24) is 9.97 Å². The lowest BCUT2D eigenvalue weighted by Crippen LogP contribution is -2.42. The highest BCUT2D eigenvalue weighted by molar-refractivity contribution is 7.85. The Bertz CT molecular complexity index is 686. The molecule has 1 unspecified atom stereocenters. The molecule has 4 rings (SSSR count). The second kappa shape index (κ2) is 7.43. The molecule has 1 saturated heterocycles. The number of ether oxygens (including phenoxy) is 1. The summed E-state index contributed by atoms with van der Waals surface area (Å²) in [7, 11) is 1.10. The van der Waals surface area contributed by atoms with Crippen LogP contribution in [0.25, 0.3) is 0 Å². The Kier molecular flexibility index (Phi) is 5.19. The van der Waals surface area contributed by atoms with E-state index < -0.39 is 10.8 Å². The van der Waals surface area contributed by atoms with E-state index in [1.807, 2.05) is 0 Å². The normalized spacial score (nSPS) is 24.8. The van der Waals surface area contributed by atoms with Crippen molar-refractivity contribution in [2.24, 2.45) is 5.92 Å². The minimum Gasteiger partial charge on any atom is -0.381 e. The van der Waals surface area contributed by atoms with Gasteiger partial charge in [0.05, 0.1) is 16.5 Å². The molecule has 1 aromatic heterocycles. The van der Waals surface area contributed by atoms with Crippen LogP contribution in [-0.4, -0.2) is 52.3 Å². The lowest BCUT2D eigenvalue weighted by Gasteiger charge is -2.40. The first kappa shape index (κ1) is 18.2. The third kappa shape index (κ3) is 3.74. The van der Waals surface area contributed by atoms with Crippen molar-refractivity contribution < 1.29 is 8.95 Å². The molecule has 2 fully saturated rings. The third-order valence-corrected chi connectivity index (χ3v) is 7.57. The summed E-state index contributed by atoms with van der Waals surface area (Å²) in [5.74, 6) is 2.98. The molecule has 6 nitrogen and oxygen atoms in total. The molecule has 26 heavy (non-hydrogen) atoms. The molecular weight excluding hydrogens is 348 g/mol. The predicted octanol–water partition coefficient (Wildman–Crippen LogP) is 2.75. The summed E-state index contributed by atoms with van der Waals surface area (Å²) in [6.45, 7) is 4.96. The highest BCUT2D eigenvalue weighted by Crippen LogP contribution is 2.38. The summed E-state index contributed by atoms with van der Waals surface area (Å²) in [6.07, 6.45) is 7.79. The molecule has 3 aliphatic rings. The van der Waals surface area contributed by atoms with Crippen LogP contribution >= 0.6 is 0 Å². The largest absolute Gasteiger partial charge is 0.381 e. The van der Waals surface area contributed by atoms with E-state index in [0.29, 0.717) is 5.75 Å². The fourth-order valence-electron chi connectivity index (χ4n) is 4.07. The van der Waals surface area contributed by atoms with Crippen LogP contribution in [0.5, 0.6) is 0 Å². The smallest absolute Gasteiger partial charge is 0.227 e. The van der Waals surface area contributed by atoms with E-state index in [4.69, 9.17) is 14.7 Å². The van der Waals surface area contributed by atoms with Gasteiger partial charge in [0.15, 0.2) is 0 Å². The molecule has 1 saturated carbocycles. The molecule has 0 bridgehead atoms. The zero-order valence-electron chi connectivity index (χ0n) is 15.9. The maximum absolute atomic E-state index is 12.5. The van der Waals surface area contributed by atoms with Crippen molar-refractivity contribution >= 4 is 22.6 Å². The average molecular weight is 379 g/mol. The molecule has 0 amide bonds. The minimum atomic E-state index is -0.971. The van der Waals surface area contributed by atoms with Gasteiger partial charge in [0.25, 0.3) is 0 Å². The van der Waals surface area contributed by atoms with Crippen LogP contribution in [0.4, 0.5) is 11.8 Å². The van der Waals surface area contributed by atoms with Crippen molar-refractivity contribution in [3.05, 3.63) is 5.69 Å². The van der Waals surface area contributed by atoms with Crippen molar-refractivity contribution in [2.75, 3.05) is 42.8 Å². The van der Waals surface area contributed by atoms with E-state index in [1.54, 1.807) is 0 Å². The Morgan fingerprint density at radius 3 is 2.77 bits per heavy atom. The third-order valence-electron chi connectivity index (χ3n) is 6.11. The number of nitrogens with one attached hydrogen (secondary N) is 1. The number of anilines is 2. The van der Waals surface area contributed by atoms with Crippen molar-refractivity contribution in [2.45, 2.75) is 62.3 Å². The zero-order valence-corrected chi connectivity index (χ0v) is 16.7. The van der Waals surface area contributed by atoms with Crippen molar-refractivity contribution in [3.8, 4) is 0 Å². The van der Waals surface area contributed by atoms with Gasteiger partial charge in [-0.3, -0.25) is 4.21 Å². The van der Waals surface area contributed by atoms with Gasteiger partial charge in [-0.25, -0.2) is 4.98 Å². The SMILES string of the molecule is CN(CCC1CCOCC1)c1nc2c(c(NC3(C)CCC3)n1)S(=O)CC2. The van der Waals surface area contributed by atoms with Gasteiger partial charge in [0, 0.05) is 44.5 Å². The van der Waals surface area contributed by atoms with Crippen LogP contribution < -0.4 is 10.2 Å². The van der Waals surface area contributed by atoms with E-state index in [1.165, 1.54) is 6.42 Å². The number of aromatic nitrogens is 2. The highest BCUT2D eigenvalue weighted by atomic mass is 32.2. The Labute approximate surface area is 158 Å². The Balaban J connectivity index is 1.51. The minimum absolute atomic E-state index is 0.0901. The van der Waals surface area contributed by atoms with Crippen LogP contribution in [0.1, 0.15) is 51.1 Å². The Morgan fingerprint density at radius 1 is 1.31 bits per heavy atom. The summed E-state index contributed by atoms with van der Waals surface area (Å²) >= 11 is 0. The van der Waals surface area contributed by atoms with Crippen LogP contribution in [0.15, 0.2) is 4.90 Å². The molecule has 0 aromatic carbocycles. The lowest BCUT2D eigenvalue weighted by atomic mass is 9.78. The molecule has 144 valence electrons. The molecular formula is C19H30N4O2S. The maximum Gasteiger partial charge on any atom is 0.227 e. The van der Waals surface area contributed by atoms with E-state index in [2.05, 4.69) is 24.2 Å². The fourth-order valence-corrected chi connectivity index (χ4v) is 5.37. The van der Waals surface area contributed by atoms with Crippen LogP contribution in [-0.2, 0) is 22.0 Å². The summed E-state index contributed by atoms with van der Waals surface area (Å²) in [5.41, 5.74) is 1.06. The molecule has 0 spiro atoms. The first-order valence-corrected chi connectivity index (χ1v) is 11.2. The summed E-state index contributed by atoms with van der Waals surface area (Å²) in [4.78, 5) is 12.6. The monoisotopic (exact) mass is 378 g/mol. The molecule has 1 atom stereocenters. The predicted molar refractivity (Wildman–Crippen MR) is 104 cm³/mol. The number of hydrogen-bond acceptors (Lipinski definition) is 6. The Morgan fingerprint density at radius 2 is 2.08 bits per heavy atom. The highest BCUT2D eigenvalue weighted by Gasteiger charge is 2.35. The van der Waals surface area contributed by atoms with E-state index in [0.717, 1.165) is 86.6 Å². The van der Waals surface area contributed by atoms with Crippen molar-refractivity contribution in [3.63, 3.8) is 0 Å². The van der Waals surface area contributed by atoms with Gasteiger partial charge < -0.3 is 15.0 Å². The Hall–Kier alpha value is -1.21. The first-order chi connectivity index (χ1) is 12.5. The molecule has 2 aliphatic heterocycles. The van der Waals surface area contributed by atoms with Crippen LogP contribution in [0, 0.1) is 5.92 Å². The van der Waals surface area contributed by atoms with E-state index >= 15 is 0 Å². The van der Waals surface area contributed by atoms with Crippen LogP contribution in [0.2, 0.25) is 0 Å². The van der Waals surface area contributed by atoms with Gasteiger partial charge in [-0.1, -0.05) is 0 Å². The van der Waals surface area contributed by atoms with Gasteiger partial charge >= 0.3 is 0 Å². The first-order valence-electron chi connectivity index (χ1n) is 9.90. The van der Waals surface area contributed by atoms with E-state index in [9.17, 15) is 4.21 Å². The van der Waals surface area contributed by atoms with Crippen LogP contribution in [0.3, 0.4) is 0 Å². The molecule has 1 aliphatic carbocycles. The van der Waals surface area contributed by atoms with Gasteiger partial charge in [0.2, 0.25) is 5.95 Å². The molecule has 7 heteroatoms. The van der Waals surface area contributed by atoms with Gasteiger partial charge in [-0.15, -0.1) is 0 Å². The standard InChI is InChI=1S/C19H30N4O2S/c1-19(8-3-9-19)22-17-16-15(7-13-26(16)24)20-18(21-17)23(2)10-4-14-5-11-25-12-6-14/h14H,3-13H2,1-2H3,(H,20,21,22). The topological polar surface area (TPSA) is 67.3 Å². The average Bonchev–Trinajstić information content (AvgIpc) is 3.00. The van der Waals surface area contributed by atoms with Gasteiger partial charge in [-0.2, -0.15) is 4.98 Å². The number of aryl methyl sites for hydroxylation is 1. The molecule has 1 N–H and O–H groups in total. The maximum atomic E-state index is 12.5. The summed E-state index contributed by atoms with van der Waals surface area (Å²) < 4.78 is 17.9. The fraction of sp³-hybridized carbons (Fsp3) is 0.789. The number of fused-ring (bicyclic) bond motifs is 1. The summed E-state index contributed by atoms with van der Waals surface area (Å²) in [5, 5.41) is 3.60. The van der Waals surface area contributed by atoms with Gasteiger partial charge in [-0.05, 0) is 51.4 Å². The van der Waals surface area contributed by atoms with E-state index in [-0.39, 0.29) is 5.54 Å². The second-order valence-electron chi connectivity index (χ2n) is 8.25. The van der Waals surface area contributed by atoms with Gasteiger partial charge in [0.1, 0.15) is 10.7 Å². The second-order valence-corrected chi connectivity index (χ2v) is 9.76. The lowest BCUT2D eigenvalue weighted by molar-refractivity contribution is 0.0645. The number of hydrogen-bond donors (Lipinski definition) is 1. The molecule has 0 radical (unpaired) electrons. The number of rotatable bonds is 6. The van der Waals surface area contributed by atoms with Crippen molar-refractivity contribution in [1.29, 1.82) is 0 Å².